The Morgan fingerprint density at radius 3 is 2.07 bits per heavy atom. The molecule has 4 N–H and O–H groups in total. The summed E-state index contributed by atoms with van der Waals surface area (Å²) in [7, 11) is -3.91. The van der Waals surface area contributed by atoms with E-state index in [2.05, 4.69) is 16.1 Å². The van der Waals surface area contributed by atoms with Crippen LogP contribution in [0, 0.1) is 5.92 Å². The molecule has 0 saturated heterocycles. The molecule has 3 atom stereocenters. The molecule has 2 amide bonds. The number of hydrogen-bond donors (Lipinski definition) is 4. The van der Waals surface area contributed by atoms with Gasteiger partial charge >= 0.3 is 0 Å². The Morgan fingerprint density at radius 2 is 1.52 bits per heavy atom. The Bertz CT molecular complexity index is 1470. The van der Waals surface area contributed by atoms with Crippen molar-refractivity contribution in [3.05, 3.63) is 94.3 Å². The van der Waals surface area contributed by atoms with Crippen LogP contribution in [0.3, 0.4) is 0 Å². The summed E-state index contributed by atoms with van der Waals surface area (Å²) in [5, 5.41) is 17.5. The van der Waals surface area contributed by atoms with E-state index in [4.69, 9.17) is 4.84 Å². The van der Waals surface area contributed by atoms with E-state index in [0.29, 0.717) is 31.8 Å². The Balaban J connectivity index is 1.64. The maximum Gasteiger partial charge on any atom is 0.273 e. The summed E-state index contributed by atoms with van der Waals surface area (Å²) < 4.78 is 27.1. The van der Waals surface area contributed by atoms with E-state index < -0.39 is 39.9 Å². The van der Waals surface area contributed by atoms with Crippen molar-refractivity contribution in [1.82, 2.24) is 20.4 Å². The zero-order valence-corrected chi connectivity index (χ0v) is 26.7. The molecule has 44 heavy (non-hydrogen) atoms. The third-order valence-electron chi connectivity index (χ3n) is 8.00. The van der Waals surface area contributed by atoms with Crippen molar-refractivity contribution in [2.24, 2.45) is 5.92 Å². The molecule has 1 unspecified atom stereocenters. The largest absolute Gasteiger partial charge is 0.390 e. The Labute approximate surface area is 260 Å². The predicted octanol–water partition coefficient (Wildman–Crippen LogP) is 3.31. The average molecular weight is 625 g/mol. The normalized spacial score (nSPS) is 18.7. The lowest BCUT2D eigenvalue weighted by atomic mass is 9.81. The summed E-state index contributed by atoms with van der Waals surface area (Å²) in [5.41, 5.74) is 5.03. The number of hydrogen-bond acceptors (Lipinski definition) is 7. The number of carbonyl (C=O) groups is 2. The number of nitrogens with one attached hydrogen (secondary N) is 3. The molecule has 0 spiro atoms. The number of carbonyl (C=O) groups excluding carboxylic acids is 2. The number of aliphatic hydroxyl groups is 1. The SMILES string of the molecule is CCCC1C(C(=O)NOCc2ccccc2)=C(C)N(S(C)(=O)=O)C(C)=C1C(=O)N[C@@H](Cc1ccccc1)[C@H](O)CNC1CC1. The minimum Gasteiger partial charge on any atom is -0.390 e. The van der Waals surface area contributed by atoms with Gasteiger partial charge in [0.1, 0.15) is 0 Å². The lowest BCUT2D eigenvalue weighted by molar-refractivity contribution is -0.131. The van der Waals surface area contributed by atoms with Crippen LogP contribution in [0.5, 0.6) is 0 Å². The van der Waals surface area contributed by atoms with E-state index in [9.17, 15) is 23.1 Å². The van der Waals surface area contributed by atoms with Gasteiger partial charge in [0.15, 0.2) is 0 Å². The van der Waals surface area contributed by atoms with Gasteiger partial charge < -0.3 is 15.7 Å². The second kappa shape index (κ2) is 15.0. The first-order chi connectivity index (χ1) is 21.0. The van der Waals surface area contributed by atoms with Gasteiger partial charge in [0.2, 0.25) is 15.9 Å². The van der Waals surface area contributed by atoms with E-state index in [1.807, 2.05) is 67.6 Å². The standard InChI is InChI=1S/C33H44N4O6S/c1-5-12-27-30(32(39)35-28(19-24-13-8-6-9-14-24)29(38)20-34-26-17-18-26)22(2)37(44(4,41)42)23(3)31(27)33(40)36-43-21-25-15-10-7-11-16-25/h6-11,13-16,26-29,34,38H,5,12,17-21H2,1-4H3,(H,35,39)(H,36,40)/t27?,28-,29+/m0/s1. The quantitative estimate of drug-likeness (QED) is 0.223. The molecular weight excluding hydrogens is 580 g/mol. The number of benzene rings is 2. The summed E-state index contributed by atoms with van der Waals surface area (Å²) in [5.74, 6) is -1.83. The highest BCUT2D eigenvalue weighted by molar-refractivity contribution is 7.88. The first-order valence-corrected chi connectivity index (χ1v) is 17.0. The van der Waals surface area contributed by atoms with Gasteiger partial charge in [-0.1, -0.05) is 74.0 Å². The molecule has 1 fully saturated rings. The van der Waals surface area contributed by atoms with E-state index >= 15 is 0 Å². The molecule has 2 aromatic carbocycles. The molecule has 1 saturated carbocycles. The first-order valence-electron chi connectivity index (χ1n) is 15.1. The van der Waals surface area contributed by atoms with Crippen LogP contribution in [0.15, 0.2) is 83.2 Å². The van der Waals surface area contributed by atoms with E-state index in [1.165, 1.54) is 0 Å². The van der Waals surface area contributed by atoms with Crippen LogP contribution in [-0.2, 0) is 37.5 Å². The molecule has 0 aromatic heterocycles. The molecular formula is C33H44N4O6S. The fourth-order valence-corrected chi connectivity index (χ4v) is 6.96. The predicted molar refractivity (Wildman–Crippen MR) is 169 cm³/mol. The molecule has 0 bridgehead atoms. The summed E-state index contributed by atoms with van der Waals surface area (Å²) >= 11 is 0. The molecule has 2 aromatic rings. The van der Waals surface area contributed by atoms with Crippen molar-refractivity contribution >= 4 is 21.8 Å². The van der Waals surface area contributed by atoms with Crippen LogP contribution < -0.4 is 16.1 Å². The van der Waals surface area contributed by atoms with Gasteiger partial charge in [-0.25, -0.2) is 18.2 Å². The lowest BCUT2D eigenvalue weighted by Gasteiger charge is -2.37. The number of hydroxylamine groups is 1. The maximum atomic E-state index is 14.2. The van der Waals surface area contributed by atoms with Gasteiger partial charge in [-0.05, 0) is 50.7 Å². The van der Waals surface area contributed by atoms with Crippen LogP contribution in [0.4, 0.5) is 0 Å². The van der Waals surface area contributed by atoms with Crippen molar-refractivity contribution in [3.63, 3.8) is 0 Å². The van der Waals surface area contributed by atoms with Gasteiger partial charge in [-0.3, -0.25) is 14.4 Å². The van der Waals surface area contributed by atoms with Gasteiger partial charge in [-0.15, -0.1) is 0 Å². The van der Waals surface area contributed by atoms with E-state index in [0.717, 1.165) is 34.5 Å². The Kier molecular flexibility index (Phi) is 11.4. The second-order valence-corrected chi connectivity index (χ2v) is 13.4. The molecule has 11 heteroatoms. The summed E-state index contributed by atoms with van der Waals surface area (Å²) in [4.78, 5) is 33.3. The van der Waals surface area contributed by atoms with Crippen molar-refractivity contribution < 1.29 is 28.0 Å². The third-order valence-corrected chi connectivity index (χ3v) is 9.21. The zero-order chi connectivity index (χ0) is 31.9. The third kappa shape index (κ3) is 8.56. The van der Waals surface area contributed by atoms with Gasteiger partial charge in [0.05, 0.1) is 25.0 Å². The summed E-state index contributed by atoms with van der Waals surface area (Å²) in [6, 6.07) is 18.6. The molecule has 2 aliphatic rings. The minimum atomic E-state index is -3.91. The van der Waals surface area contributed by atoms with Crippen LogP contribution in [-0.4, -0.2) is 60.6 Å². The zero-order valence-electron chi connectivity index (χ0n) is 25.9. The van der Waals surface area contributed by atoms with Crippen LogP contribution in [0.2, 0.25) is 0 Å². The highest BCUT2D eigenvalue weighted by Gasteiger charge is 2.41. The fourth-order valence-electron chi connectivity index (χ4n) is 5.77. The lowest BCUT2D eigenvalue weighted by Crippen LogP contribution is -2.51. The summed E-state index contributed by atoms with van der Waals surface area (Å²) in [6.45, 7) is 5.51. The van der Waals surface area contributed by atoms with Crippen LogP contribution in [0.25, 0.3) is 0 Å². The van der Waals surface area contributed by atoms with Gasteiger partial charge in [0.25, 0.3) is 5.91 Å². The number of nitrogens with zero attached hydrogens (tertiary/aromatic N) is 1. The van der Waals surface area contributed by atoms with Gasteiger partial charge in [-0.2, -0.15) is 0 Å². The smallest absolute Gasteiger partial charge is 0.273 e. The highest BCUT2D eigenvalue weighted by atomic mass is 32.2. The van der Waals surface area contributed by atoms with Crippen molar-refractivity contribution in [1.29, 1.82) is 0 Å². The number of allylic oxidation sites excluding steroid dienone is 2. The molecule has 1 aliphatic carbocycles. The minimum absolute atomic E-state index is 0.114. The number of sulfonamides is 1. The monoisotopic (exact) mass is 624 g/mol. The number of rotatable bonds is 15. The second-order valence-electron chi connectivity index (χ2n) is 11.6. The fraction of sp³-hybridized carbons (Fsp3) is 0.455. The topological polar surface area (TPSA) is 137 Å². The van der Waals surface area contributed by atoms with Crippen molar-refractivity contribution in [2.75, 3.05) is 12.8 Å². The maximum absolute atomic E-state index is 14.2. The van der Waals surface area contributed by atoms with E-state index in [-0.39, 0.29) is 29.1 Å². The first kappa shape index (κ1) is 33.4. The van der Waals surface area contributed by atoms with E-state index in [1.54, 1.807) is 13.8 Å². The number of aliphatic hydroxyl groups excluding tert-OH is 1. The van der Waals surface area contributed by atoms with Crippen LogP contribution in [0.1, 0.15) is 57.6 Å². The van der Waals surface area contributed by atoms with Crippen molar-refractivity contribution in [3.8, 4) is 0 Å². The summed E-state index contributed by atoms with van der Waals surface area (Å²) in [6.07, 6.45) is 3.68. The molecule has 1 heterocycles. The van der Waals surface area contributed by atoms with Gasteiger partial charge in [0, 0.05) is 41.0 Å². The van der Waals surface area contributed by atoms with Crippen LogP contribution >= 0.6 is 0 Å². The molecule has 238 valence electrons. The number of amides is 2. The molecule has 4 rings (SSSR count). The molecule has 10 nitrogen and oxygen atoms in total. The molecule has 1 aliphatic heterocycles. The Hall–Kier alpha value is -3.51. The van der Waals surface area contributed by atoms with Crippen molar-refractivity contribution in [2.45, 2.75) is 77.7 Å². The Morgan fingerprint density at radius 1 is 0.955 bits per heavy atom. The molecule has 0 radical (unpaired) electrons. The average Bonchev–Trinajstić information content (AvgIpc) is 3.81. The highest BCUT2D eigenvalue weighted by Crippen LogP contribution is 2.39.